The number of fused-ring (bicyclic) bond motifs is 3. The molecule has 3 nitrogen and oxygen atoms in total. The molecule has 1 aliphatic carbocycles. The van der Waals surface area contributed by atoms with Crippen LogP contribution in [0.5, 0.6) is 0 Å². The lowest BCUT2D eigenvalue weighted by Crippen LogP contribution is -2.00. The molecule has 1 aromatic carbocycles. The summed E-state index contributed by atoms with van der Waals surface area (Å²) in [6.07, 6.45) is 6.55. The van der Waals surface area contributed by atoms with Crippen LogP contribution in [0, 0.1) is 0 Å². The van der Waals surface area contributed by atoms with E-state index in [1.807, 2.05) is 23.5 Å². The van der Waals surface area contributed by atoms with Crippen LogP contribution in [0.3, 0.4) is 0 Å². The normalized spacial score (nSPS) is 14.1. The molecule has 21 heavy (non-hydrogen) atoms. The molecule has 0 unspecified atom stereocenters. The Kier molecular flexibility index (Phi) is 3.39. The number of aryl methyl sites for hydroxylation is 2. The van der Waals surface area contributed by atoms with E-state index >= 15 is 0 Å². The topological polar surface area (TPSA) is 37.8 Å². The summed E-state index contributed by atoms with van der Waals surface area (Å²) in [6, 6.07) is 8.16. The lowest BCUT2D eigenvalue weighted by Gasteiger charge is -2.12. The van der Waals surface area contributed by atoms with E-state index in [4.69, 9.17) is 0 Å². The number of rotatable bonds is 2. The molecule has 0 saturated carbocycles. The van der Waals surface area contributed by atoms with Gasteiger partial charge >= 0.3 is 0 Å². The number of hydrogen-bond acceptors (Lipinski definition) is 4. The van der Waals surface area contributed by atoms with Crippen LogP contribution in [-0.4, -0.2) is 9.97 Å². The van der Waals surface area contributed by atoms with Gasteiger partial charge in [-0.15, -0.1) is 11.3 Å². The highest BCUT2D eigenvalue weighted by Gasteiger charge is 2.19. The zero-order valence-electron chi connectivity index (χ0n) is 11.4. The van der Waals surface area contributed by atoms with Gasteiger partial charge in [0.25, 0.3) is 0 Å². The van der Waals surface area contributed by atoms with E-state index in [9.17, 15) is 0 Å². The van der Waals surface area contributed by atoms with Crippen molar-refractivity contribution in [1.82, 2.24) is 9.97 Å². The monoisotopic (exact) mass is 359 g/mol. The molecule has 2 heterocycles. The molecule has 1 N–H and O–H groups in total. The maximum atomic E-state index is 4.48. The lowest BCUT2D eigenvalue weighted by molar-refractivity contribution is 0.700. The molecule has 3 aromatic rings. The second-order valence-electron chi connectivity index (χ2n) is 5.25. The van der Waals surface area contributed by atoms with Gasteiger partial charge in [-0.05, 0) is 49.4 Å². The predicted octanol–water partition coefficient (Wildman–Crippen LogP) is 5.08. The highest BCUT2D eigenvalue weighted by Crippen LogP contribution is 2.38. The summed E-state index contributed by atoms with van der Waals surface area (Å²) in [5.74, 6) is 0.928. The van der Waals surface area contributed by atoms with Crippen LogP contribution in [-0.2, 0) is 12.8 Å². The number of hydrogen-bond donors (Lipinski definition) is 1. The Balaban J connectivity index is 1.83. The summed E-state index contributed by atoms with van der Waals surface area (Å²) in [5, 5.41) is 4.67. The molecule has 1 aliphatic rings. The molecule has 2 aromatic heterocycles. The number of nitrogens with zero attached hydrogens (tertiary/aromatic N) is 2. The molecular formula is C16H14BrN3S. The van der Waals surface area contributed by atoms with Gasteiger partial charge < -0.3 is 5.32 Å². The smallest absolute Gasteiger partial charge is 0.142 e. The Hall–Kier alpha value is -1.46. The fourth-order valence-corrected chi connectivity index (χ4v) is 4.52. The average molecular weight is 360 g/mol. The van der Waals surface area contributed by atoms with Crippen LogP contribution in [0.1, 0.15) is 23.3 Å². The first-order valence-corrected chi connectivity index (χ1v) is 8.70. The Morgan fingerprint density at radius 2 is 2.05 bits per heavy atom. The molecule has 106 valence electrons. The van der Waals surface area contributed by atoms with Gasteiger partial charge in [0.1, 0.15) is 17.0 Å². The van der Waals surface area contributed by atoms with Crippen molar-refractivity contribution in [2.45, 2.75) is 25.7 Å². The fourth-order valence-electron chi connectivity index (χ4n) is 2.89. The average Bonchev–Trinajstić information content (AvgIpc) is 2.87. The summed E-state index contributed by atoms with van der Waals surface area (Å²) < 4.78 is 1.06. The van der Waals surface area contributed by atoms with Crippen LogP contribution in [0.2, 0.25) is 0 Å². The molecule has 0 aliphatic heterocycles. The molecule has 4 rings (SSSR count). The number of halogens is 1. The van der Waals surface area contributed by atoms with Crippen molar-refractivity contribution in [2.24, 2.45) is 0 Å². The van der Waals surface area contributed by atoms with Crippen LogP contribution < -0.4 is 5.32 Å². The molecule has 0 spiro atoms. The highest BCUT2D eigenvalue weighted by atomic mass is 79.9. The van der Waals surface area contributed by atoms with E-state index in [-0.39, 0.29) is 0 Å². The van der Waals surface area contributed by atoms with Gasteiger partial charge in [-0.25, -0.2) is 9.97 Å². The van der Waals surface area contributed by atoms with E-state index < -0.39 is 0 Å². The first-order chi connectivity index (χ1) is 10.3. The molecule has 0 fully saturated rings. The number of aromatic nitrogens is 2. The molecule has 0 radical (unpaired) electrons. The molecule has 0 atom stereocenters. The third-order valence-corrected chi connectivity index (χ3v) is 5.53. The van der Waals surface area contributed by atoms with Crippen LogP contribution >= 0.6 is 27.3 Å². The van der Waals surface area contributed by atoms with Gasteiger partial charge in [-0.2, -0.15) is 0 Å². The van der Waals surface area contributed by atoms with Crippen molar-refractivity contribution in [1.29, 1.82) is 0 Å². The van der Waals surface area contributed by atoms with Crippen molar-refractivity contribution in [3.05, 3.63) is 45.5 Å². The lowest BCUT2D eigenvalue weighted by atomic mass is 9.97. The minimum absolute atomic E-state index is 0.928. The van der Waals surface area contributed by atoms with Crippen molar-refractivity contribution in [2.75, 3.05) is 5.32 Å². The van der Waals surface area contributed by atoms with E-state index in [1.54, 1.807) is 6.33 Å². The second-order valence-corrected chi connectivity index (χ2v) is 7.25. The van der Waals surface area contributed by atoms with Crippen molar-refractivity contribution in [3.63, 3.8) is 0 Å². The number of nitrogens with one attached hydrogen (secondary N) is 1. The Labute approximate surface area is 135 Å². The molecule has 0 bridgehead atoms. The van der Waals surface area contributed by atoms with Crippen molar-refractivity contribution >= 4 is 49.0 Å². The molecule has 0 amide bonds. The molecule has 0 saturated heterocycles. The standard InChI is InChI=1S/C16H14BrN3S/c17-10-4-3-5-11(8-10)20-15-14-12-6-1-2-7-13(12)21-16(14)19-9-18-15/h3-5,8-9H,1-2,6-7H2,(H,18,19,20). The van der Waals surface area contributed by atoms with Crippen molar-refractivity contribution < 1.29 is 0 Å². The van der Waals surface area contributed by atoms with Gasteiger partial charge in [-0.3, -0.25) is 0 Å². The zero-order chi connectivity index (χ0) is 14.2. The zero-order valence-corrected chi connectivity index (χ0v) is 13.8. The quantitative estimate of drug-likeness (QED) is 0.693. The molecule has 5 heteroatoms. The largest absolute Gasteiger partial charge is 0.340 e. The summed E-state index contributed by atoms with van der Waals surface area (Å²) in [7, 11) is 0. The number of thiophene rings is 1. The summed E-state index contributed by atoms with van der Waals surface area (Å²) in [5.41, 5.74) is 2.50. The maximum Gasteiger partial charge on any atom is 0.142 e. The highest BCUT2D eigenvalue weighted by molar-refractivity contribution is 9.10. The number of benzene rings is 1. The minimum Gasteiger partial charge on any atom is -0.340 e. The van der Waals surface area contributed by atoms with Crippen LogP contribution in [0.4, 0.5) is 11.5 Å². The Morgan fingerprint density at radius 3 is 2.95 bits per heavy atom. The Morgan fingerprint density at radius 1 is 1.14 bits per heavy atom. The van der Waals surface area contributed by atoms with Gasteiger partial charge in [0, 0.05) is 15.0 Å². The summed E-state index contributed by atoms with van der Waals surface area (Å²) in [6.45, 7) is 0. The van der Waals surface area contributed by atoms with Gasteiger partial charge in [0.15, 0.2) is 0 Å². The van der Waals surface area contributed by atoms with E-state index in [0.29, 0.717) is 0 Å². The molecular weight excluding hydrogens is 346 g/mol. The van der Waals surface area contributed by atoms with Crippen LogP contribution in [0.15, 0.2) is 35.1 Å². The SMILES string of the molecule is Brc1cccc(Nc2ncnc3sc4c(c23)CCCC4)c1. The van der Waals surface area contributed by atoms with Gasteiger partial charge in [-0.1, -0.05) is 22.0 Å². The van der Waals surface area contributed by atoms with Crippen molar-refractivity contribution in [3.8, 4) is 0 Å². The first-order valence-electron chi connectivity index (χ1n) is 7.09. The van der Waals surface area contributed by atoms with E-state index in [2.05, 4.69) is 43.3 Å². The van der Waals surface area contributed by atoms with E-state index in [1.165, 1.54) is 35.1 Å². The van der Waals surface area contributed by atoms with Gasteiger partial charge in [0.05, 0.1) is 5.39 Å². The summed E-state index contributed by atoms with van der Waals surface area (Å²) >= 11 is 5.33. The number of anilines is 2. The first kappa shape index (κ1) is 13.2. The van der Waals surface area contributed by atoms with E-state index in [0.717, 1.165) is 27.2 Å². The van der Waals surface area contributed by atoms with Gasteiger partial charge in [0.2, 0.25) is 0 Å². The minimum atomic E-state index is 0.928. The third kappa shape index (κ3) is 2.45. The predicted molar refractivity (Wildman–Crippen MR) is 91.5 cm³/mol. The maximum absolute atomic E-state index is 4.48. The fraction of sp³-hybridized carbons (Fsp3) is 0.250. The summed E-state index contributed by atoms with van der Waals surface area (Å²) in [4.78, 5) is 11.5. The third-order valence-electron chi connectivity index (χ3n) is 3.84. The second kappa shape index (κ2) is 5.39. The Bertz CT molecular complexity index is 812. The van der Waals surface area contributed by atoms with Crippen LogP contribution in [0.25, 0.3) is 10.2 Å².